The van der Waals surface area contributed by atoms with E-state index in [4.69, 9.17) is 16.3 Å². The molecule has 1 aromatic rings. The predicted molar refractivity (Wildman–Crippen MR) is 56.9 cm³/mol. The van der Waals surface area contributed by atoms with Crippen LogP contribution in [0.2, 0.25) is 5.02 Å². The predicted octanol–water partition coefficient (Wildman–Crippen LogP) is 3.14. The molecular weight excluding hydrogens is 200 g/mol. The Morgan fingerprint density at radius 1 is 1.50 bits per heavy atom. The molecule has 1 aromatic carbocycles. The van der Waals surface area contributed by atoms with Gasteiger partial charge in [0.25, 0.3) is 0 Å². The van der Waals surface area contributed by atoms with Gasteiger partial charge in [-0.2, -0.15) is 0 Å². The van der Waals surface area contributed by atoms with Gasteiger partial charge in [0.1, 0.15) is 0 Å². The van der Waals surface area contributed by atoms with Crippen molar-refractivity contribution in [3.8, 4) is 5.75 Å². The summed E-state index contributed by atoms with van der Waals surface area (Å²) in [7, 11) is 0. The quantitative estimate of drug-likeness (QED) is 0.556. The molecule has 0 unspecified atom stereocenters. The van der Waals surface area contributed by atoms with Crippen LogP contribution in [0.3, 0.4) is 0 Å². The lowest BCUT2D eigenvalue weighted by Gasteiger charge is -2.10. The Balaban J connectivity index is 3.18. The Morgan fingerprint density at radius 2 is 2.14 bits per heavy atom. The van der Waals surface area contributed by atoms with Crippen molar-refractivity contribution in [2.24, 2.45) is 0 Å². The molecule has 0 aliphatic heterocycles. The highest BCUT2D eigenvalue weighted by Crippen LogP contribution is 2.30. The summed E-state index contributed by atoms with van der Waals surface area (Å²) >= 11 is 5.98. The van der Waals surface area contributed by atoms with Gasteiger partial charge in [0, 0.05) is 6.92 Å². The molecule has 0 N–H and O–H groups in total. The van der Waals surface area contributed by atoms with E-state index in [-0.39, 0.29) is 5.97 Å². The molecule has 0 aromatic heterocycles. The largest absolute Gasteiger partial charge is 0.425 e. The first kappa shape index (κ1) is 11.1. The molecule has 0 saturated carbocycles. The molecule has 0 fully saturated rings. The highest BCUT2D eigenvalue weighted by atomic mass is 35.5. The number of esters is 1. The van der Waals surface area contributed by atoms with E-state index < -0.39 is 0 Å². The van der Waals surface area contributed by atoms with Gasteiger partial charge in [-0.15, -0.1) is 0 Å². The van der Waals surface area contributed by atoms with Crippen LogP contribution in [0.5, 0.6) is 5.75 Å². The molecule has 76 valence electrons. The second-order valence-corrected chi connectivity index (χ2v) is 3.59. The zero-order chi connectivity index (χ0) is 10.7. The van der Waals surface area contributed by atoms with Crippen LogP contribution in [0.25, 0.3) is 0 Å². The van der Waals surface area contributed by atoms with Crippen molar-refractivity contribution in [2.45, 2.75) is 27.2 Å². The molecule has 1 rings (SSSR count). The van der Waals surface area contributed by atoms with Crippen molar-refractivity contribution in [3.05, 3.63) is 28.3 Å². The number of rotatable bonds is 2. The van der Waals surface area contributed by atoms with Gasteiger partial charge in [-0.3, -0.25) is 4.79 Å². The van der Waals surface area contributed by atoms with Crippen LogP contribution in [-0.4, -0.2) is 5.97 Å². The maximum Gasteiger partial charge on any atom is 0.308 e. The minimum absolute atomic E-state index is 0.342. The molecule has 0 heterocycles. The average Bonchev–Trinajstić information content (AvgIpc) is 2.08. The minimum atomic E-state index is -0.342. The number of halogens is 1. The van der Waals surface area contributed by atoms with Crippen LogP contribution in [0, 0.1) is 6.92 Å². The van der Waals surface area contributed by atoms with Gasteiger partial charge in [0.2, 0.25) is 0 Å². The molecule has 14 heavy (non-hydrogen) atoms. The molecular formula is C11H13ClO2. The lowest BCUT2D eigenvalue weighted by atomic mass is 10.1. The minimum Gasteiger partial charge on any atom is -0.425 e. The zero-order valence-corrected chi connectivity index (χ0v) is 9.31. The number of hydrogen-bond acceptors (Lipinski definition) is 2. The maximum atomic E-state index is 10.8. The summed E-state index contributed by atoms with van der Waals surface area (Å²) in [5.41, 5.74) is 2.04. The van der Waals surface area contributed by atoms with Gasteiger partial charge in [0.05, 0.1) is 5.02 Å². The Bertz CT molecular complexity index is 359. The summed E-state index contributed by atoms with van der Waals surface area (Å²) in [6, 6.07) is 3.77. The van der Waals surface area contributed by atoms with Gasteiger partial charge < -0.3 is 4.74 Å². The SMILES string of the molecule is CCc1cc(C)cc(Cl)c1OC(C)=O. The zero-order valence-electron chi connectivity index (χ0n) is 8.56. The fraction of sp³-hybridized carbons (Fsp3) is 0.364. The van der Waals surface area contributed by atoms with Gasteiger partial charge in [-0.1, -0.05) is 24.6 Å². The van der Waals surface area contributed by atoms with Crippen LogP contribution in [0.4, 0.5) is 0 Å². The third-order valence-electron chi connectivity index (χ3n) is 1.89. The number of hydrogen-bond donors (Lipinski definition) is 0. The smallest absolute Gasteiger partial charge is 0.308 e. The first-order valence-electron chi connectivity index (χ1n) is 4.52. The van der Waals surface area contributed by atoms with E-state index in [1.165, 1.54) is 6.92 Å². The number of ether oxygens (including phenoxy) is 1. The molecule has 0 spiro atoms. The molecule has 0 aliphatic rings. The molecule has 0 aliphatic carbocycles. The van der Waals surface area contributed by atoms with Crippen molar-refractivity contribution in [1.29, 1.82) is 0 Å². The summed E-state index contributed by atoms with van der Waals surface area (Å²) in [5, 5.41) is 0.497. The number of benzene rings is 1. The Morgan fingerprint density at radius 3 is 2.64 bits per heavy atom. The van der Waals surface area contributed by atoms with Crippen molar-refractivity contribution < 1.29 is 9.53 Å². The van der Waals surface area contributed by atoms with E-state index >= 15 is 0 Å². The van der Waals surface area contributed by atoms with Crippen LogP contribution < -0.4 is 4.74 Å². The Hall–Kier alpha value is -1.02. The number of carbonyl (C=O) groups excluding carboxylic acids is 1. The summed E-state index contributed by atoms with van der Waals surface area (Å²) in [5.74, 6) is 0.151. The second kappa shape index (κ2) is 4.47. The fourth-order valence-electron chi connectivity index (χ4n) is 1.32. The summed E-state index contributed by atoms with van der Waals surface area (Å²) in [6.45, 7) is 5.33. The number of aryl methyl sites for hydroxylation is 2. The fourth-order valence-corrected chi connectivity index (χ4v) is 1.65. The Kier molecular flexibility index (Phi) is 3.53. The first-order valence-corrected chi connectivity index (χ1v) is 4.89. The molecule has 0 amide bonds. The second-order valence-electron chi connectivity index (χ2n) is 3.18. The van der Waals surface area contributed by atoms with E-state index in [1.54, 1.807) is 6.07 Å². The number of carbonyl (C=O) groups is 1. The molecule has 0 bridgehead atoms. The highest BCUT2D eigenvalue weighted by molar-refractivity contribution is 6.32. The molecule has 0 radical (unpaired) electrons. The maximum absolute atomic E-state index is 10.8. The van der Waals surface area contributed by atoms with E-state index in [0.717, 1.165) is 17.5 Å². The van der Waals surface area contributed by atoms with E-state index in [0.29, 0.717) is 10.8 Å². The molecule has 2 nitrogen and oxygen atoms in total. The lowest BCUT2D eigenvalue weighted by Crippen LogP contribution is -2.04. The van der Waals surface area contributed by atoms with Crippen molar-refractivity contribution in [2.75, 3.05) is 0 Å². The van der Waals surface area contributed by atoms with Crippen molar-refractivity contribution in [1.82, 2.24) is 0 Å². The highest BCUT2D eigenvalue weighted by Gasteiger charge is 2.10. The normalized spacial score (nSPS) is 10.0. The van der Waals surface area contributed by atoms with Gasteiger partial charge >= 0.3 is 5.97 Å². The van der Waals surface area contributed by atoms with Crippen molar-refractivity contribution in [3.63, 3.8) is 0 Å². The topological polar surface area (TPSA) is 26.3 Å². The molecule has 0 atom stereocenters. The van der Waals surface area contributed by atoms with Gasteiger partial charge in [-0.05, 0) is 30.5 Å². The van der Waals surface area contributed by atoms with Crippen LogP contribution in [-0.2, 0) is 11.2 Å². The van der Waals surface area contributed by atoms with E-state index in [2.05, 4.69) is 0 Å². The summed E-state index contributed by atoms with van der Waals surface area (Å²) < 4.78 is 5.05. The van der Waals surface area contributed by atoms with Crippen LogP contribution in [0.1, 0.15) is 25.0 Å². The third kappa shape index (κ3) is 2.48. The van der Waals surface area contributed by atoms with Gasteiger partial charge in [-0.25, -0.2) is 0 Å². The van der Waals surface area contributed by atoms with Crippen LogP contribution >= 0.6 is 11.6 Å². The molecule has 3 heteroatoms. The lowest BCUT2D eigenvalue weighted by molar-refractivity contribution is -0.131. The third-order valence-corrected chi connectivity index (χ3v) is 2.17. The Labute approximate surface area is 88.8 Å². The summed E-state index contributed by atoms with van der Waals surface area (Å²) in [4.78, 5) is 10.8. The van der Waals surface area contributed by atoms with Gasteiger partial charge in [0.15, 0.2) is 5.75 Å². The standard InChI is InChI=1S/C11H13ClO2/c1-4-9-5-7(2)6-10(12)11(9)14-8(3)13/h5-6H,4H2,1-3H3. The molecule has 0 saturated heterocycles. The summed E-state index contributed by atoms with van der Waals surface area (Å²) in [6.07, 6.45) is 0.796. The van der Waals surface area contributed by atoms with E-state index in [9.17, 15) is 4.79 Å². The monoisotopic (exact) mass is 212 g/mol. The van der Waals surface area contributed by atoms with E-state index in [1.807, 2.05) is 19.9 Å². The van der Waals surface area contributed by atoms with Crippen molar-refractivity contribution >= 4 is 17.6 Å². The van der Waals surface area contributed by atoms with Crippen LogP contribution in [0.15, 0.2) is 12.1 Å². The first-order chi connectivity index (χ1) is 6.54. The average molecular weight is 213 g/mol.